The Morgan fingerprint density at radius 2 is 2.11 bits per heavy atom. The summed E-state index contributed by atoms with van der Waals surface area (Å²) < 4.78 is 1.41. The van der Waals surface area contributed by atoms with Crippen molar-refractivity contribution in [2.24, 2.45) is 7.05 Å². The van der Waals surface area contributed by atoms with E-state index in [0.717, 1.165) is 5.56 Å². The summed E-state index contributed by atoms with van der Waals surface area (Å²) in [6.07, 6.45) is 1.37. The zero-order chi connectivity index (χ0) is 13.1. The Bertz CT molecular complexity index is 565. The van der Waals surface area contributed by atoms with Gasteiger partial charge in [0.15, 0.2) is 0 Å². The van der Waals surface area contributed by atoms with Crippen molar-refractivity contribution in [3.05, 3.63) is 51.2 Å². The fourth-order valence-electron chi connectivity index (χ4n) is 1.52. The Kier molecular flexibility index (Phi) is 3.47. The van der Waals surface area contributed by atoms with E-state index in [2.05, 4.69) is 10.4 Å². The molecule has 94 valence electrons. The molecule has 0 aliphatic rings. The molecule has 0 aliphatic heterocycles. The maximum absolute atomic E-state index is 10.8. The van der Waals surface area contributed by atoms with E-state index in [0.29, 0.717) is 11.6 Å². The predicted molar refractivity (Wildman–Crippen MR) is 68.6 cm³/mol. The fourth-order valence-corrected chi connectivity index (χ4v) is 1.65. The van der Waals surface area contributed by atoms with Gasteiger partial charge in [0.1, 0.15) is 6.20 Å². The topological polar surface area (TPSA) is 73.0 Å². The first kappa shape index (κ1) is 12.4. The average Bonchev–Trinajstić information content (AvgIpc) is 2.70. The molecule has 0 radical (unpaired) electrons. The molecule has 0 fully saturated rings. The van der Waals surface area contributed by atoms with E-state index in [1.54, 1.807) is 19.2 Å². The van der Waals surface area contributed by atoms with E-state index in [9.17, 15) is 10.1 Å². The summed E-state index contributed by atoms with van der Waals surface area (Å²) in [5.41, 5.74) is 0.936. The van der Waals surface area contributed by atoms with Crippen molar-refractivity contribution in [3.63, 3.8) is 0 Å². The number of nitrogens with one attached hydrogen (secondary N) is 1. The Hall–Kier alpha value is -2.08. The second-order valence-electron chi connectivity index (χ2n) is 3.77. The van der Waals surface area contributed by atoms with Crippen LogP contribution in [-0.2, 0) is 13.6 Å². The fraction of sp³-hybridized carbons (Fsp3) is 0.182. The minimum Gasteiger partial charge on any atom is -0.359 e. The molecule has 0 unspecified atom stereocenters. The van der Waals surface area contributed by atoms with Crippen LogP contribution in [0.25, 0.3) is 0 Å². The molecule has 1 aromatic carbocycles. The third-order valence-electron chi connectivity index (χ3n) is 2.38. The van der Waals surface area contributed by atoms with Crippen molar-refractivity contribution in [1.29, 1.82) is 0 Å². The van der Waals surface area contributed by atoms with E-state index in [1.165, 1.54) is 10.9 Å². The zero-order valence-electron chi connectivity index (χ0n) is 9.63. The predicted octanol–water partition coefficient (Wildman–Crippen LogP) is 2.59. The minimum atomic E-state index is -0.461. The van der Waals surface area contributed by atoms with Crippen molar-refractivity contribution in [2.75, 3.05) is 5.32 Å². The van der Waals surface area contributed by atoms with E-state index >= 15 is 0 Å². The maximum Gasteiger partial charge on any atom is 0.330 e. The molecule has 0 spiro atoms. The second-order valence-corrected chi connectivity index (χ2v) is 4.21. The first-order chi connectivity index (χ1) is 8.56. The van der Waals surface area contributed by atoms with Gasteiger partial charge >= 0.3 is 5.69 Å². The molecule has 0 amide bonds. The van der Waals surface area contributed by atoms with Gasteiger partial charge < -0.3 is 5.32 Å². The van der Waals surface area contributed by atoms with Gasteiger partial charge in [0.25, 0.3) is 0 Å². The van der Waals surface area contributed by atoms with Gasteiger partial charge in [-0.05, 0) is 17.7 Å². The first-order valence-electron chi connectivity index (χ1n) is 5.22. The molecule has 1 aromatic heterocycles. The second kappa shape index (κ2) is 5.05. The highest BCUT2D eigenvalue weighted by Gasteiger charge is 2.17. The normalized spacial score (nSPS) is 10.3. The molecule has 6 nitrogen and oxygen atoms in total. The highest BCUT2D eigenvalue weighted by atomic mass is 35.5. The summed E-state index contributed by atoms with van der Waals surface area (Å²) >= 11 is 5.77. The lowest BCUT2D eigenvalue weighted by Gasteiger charge is -2.03. The molecule has 1 heterocycles. The van der Waals surface area contributed by atoms with Crippen LogP contribution in [-0.4, -0.2) is 14.7 Å². The summed E-state index contributed by atoms with van der Waals surface area (Å²) in [7, 11) is 1.64. The number of hydrogen-bond acceptors (Lipinski definition) is 4. The molecular weight excluding hydrogens is 256 g/mol. The molecule has 0 atom stereocenters. The van der Waals surface area contributed by atoms with E-state index < -0.39 is 4.92 Å². The van der Waals surface area contributed by atoms with Gasteiger partial charge in [-0.1, -0.05) is 23.7 Å². The number of aryl methyl sites for hydroxylation is 1. The van der Waals surface area contributed by atoms with Crippen molar-refractivity contribution < 1.29 is 4.92 Å². The molecule has 2 rings (SSSR count). The summed E-state index contributed by atoms with van der Waals surface area (Å²) in [5, 5.41) is 18.4. The van der Waals surface area contributed by atoms with Crippen LogP contribution in [0.15, 0.2) is 30.5 Å². The van der Waals surface area contributed by atoms with E-state index in [1.807, 2.05) is 12.1 Å². The number of hydrogen-bond donors (Lipinski definition) is 1. The third-order valence-corrected chi connectivity index (χ3v) is 2.63. The molecule has 7 heteroatoms. The Morgan fingerprint density at radius 3 is 2.72 bits per heavy atom. The van der Waals surface area contributed by atoms with Gasteiger partial charge in [-0.2, -0.15) is 0 Å². The first-order valence-corrected chi connectivity index (χ1v) is 5.60. The SMILES string of the molecule is Cn1cc([N+](=O)[O-])c(NCc2ccc(Cl)cc2)n1. The summed E-state index contributed by atoms with van der Waals surface area (Å²) in [6, 6.07) is 7.24. The van der Waals surface area contributed by atoms with Crippen molar-refractivity contribution in [3.8, 4) is 0 Å². The minimum absolute atomic E-state index is 0.0357. The van der Waals surface area contributed by atoms with Crippen molar-refractivity contribution >= 4 is 23.1 Å². The van der Waals surface area contributed by atoms with E-state index in [4.69, 9.17) is 11.6 Å². The summed E-state index contributed by atoms with van der Waals surface area (Å²) in [6.45, 7) is 0.453. The van der Waals surface area contributed by atoms with Crippen LogP contribution in [0.4, 0.5) is 11.5 Å². The number of benzene rings is 1. The maximum atomic E-state index is 10.8. The Balaban J connectivity index is 2.10. The summed E-state index contributed by atoms with van der Waals surface area (Å²) in [4.78, 5) is 10.3. The van der Waals surface area contributed by atoms with E-state index in [-0.39, 0.29) is 11.5 Å². The van der Waals surface area contributed by atoms with Crippen molar-refractivity contribution in [1.82, 2.24) is 9.78 Å². The molecule has 1 N–H and O–H groups in total. The molecule has 2 aromatic rings. The largest absolute Gasteiger partial charge is 0.359 e. The molecule has 18 heavy (non-hydrogen) atoms. The number of nitro groups is 1. The lowest BCUT2D eigenvalue weighted by molar-refractivity contribution is -0.384. The lowest BCUT2D eigenvalue weighted by atomic mass is 10.2. The molecular formula is C11H11ClN4O2. The van der Waals surface area contributed by atoms with Gasteiger partial charge in [0.2, 0.25) is 5.82 Å². The Labute approximate surface area is 108 Å². The highest BCUT2D eigenvalue weighted by molar-refractivity contribution is 6.30. The van der Waals surface area contributed by atoms with Gasteiger partial charge in [-0.15, -0.1) is 5.10 Å². The van der Waals surface area contributed by atoms with Crippen LogP contribution in [0, 0.1) is 10.1 Å². The number of nitrogens with zero attached hydrogens (tertiary/aromatic N) is 3. The molecule has 0 bridgehead atoms. The Morgan fingerprint density at radius 1 is 1.44 bits per heavy atom. The van der Waals surface area contributed by atoms with Crippen LogP contribution in [0.2, 0.25) is 5.02 Å². The van der Waals surface area contributed by atoms with Crippen LogP contribution in [0.3, 0.4) is 0 Å². The number of halogens is 1. The quantitative estimate of drug-likeness (QED) is 0.682. The van der Waals surface area contributed by atoms with Crippen LogP contribution < -0.4 is 5.32 Å². The van der Waals surface area contributed by atoms with Crippen LogP contribution in [0.5, 0.6) is 0 Å². The van der Waals surface area contributed by atoms with Crippen LogP contribution >= 0.6 is 11.6 Å². The summed E-state index contributed by atoms with van der Waals surface area (Å²) in [5.74, 6) is 0.262. The van der Waals surface area contributed by atoms with Gasteiger partial charge in [0, 0.05) is 18.6 Å². The zero-order valence-corrected chi connectivity index (χ0v) is 10.4. The smallest absolute Gasteiger partial charge is 0.330 e. The number of anilines is 1. The molecule has 0 aliphatic carbocycles. The number of rotatable bonds is 4. The molecule has 0 saturated carbocycles. The highest BCUT2D eigenvalue weighted by Crippen LogP contribution is 2.22. The van der Waals surface area contributed by atoms with Gasteiger partial charge in [-0.3, -0.25) is 14.8 Å². The van der Waals surface area contributed by atoms with Crippen molar-refractivity contribution in [2.45, 2.75) is 6.54 Å². The number of aromatic nitrogens is 2. The lowest BCUT2D eigenvalue weighted by Crippen LogP contribution is -2.02. The van der Waals surface area contributed by atoms with Gasteiger partial charge in [0.05, 0.1) is 4.92 Å². The molecule has 0 saturated heterocycles. The van der Waals surface area contributed by atoms with Crippen LogP contribution in [0.1, 0.15) is 5.56 Å². The monoisotopic (exact) mass is 266 g/mol. The standard InChI is InChI=1S/C11H11ClN4O2/c1-15-7-10(16(17)18)11(14-15)13-6-8-2-4-9(12)5-3-8/h2-5,7H,6H2,1H3,(H,13,14). The van der Waals surface area contributed by atoms with Gasteiger partial charge in [-0.25, -0.2) is 0 Å². The third kappa shape index (κ3) is 2.78. The average molecular weight is 267 g/mol.